The minimum atomic E-state index is -0.411. The summed E-state index contributed by atoms with van der Waals surface area (Å²) in [4.78, 5) is 0. The summed E-state index contributed by atoms with van der Waals surface area (Å²) in [6.07, 6.45) is 0.388. The van der Waals surface area contributed by atoms with Gasteiger partial charge < -0.3 is 10.4 Å². The molecule has 0 fully saturated rings. The summed E-state index contributed by atoms with van der Waals surface area (Å²) < 4.78 is 13.4. The normalized spacial score (nSPS) is 14.9. The number of benzene rings is 1. The fourth-order valence-corrected chi connectivity index (χ4v) is 1.54. The Morgan fingerprint density at radius 1 is 1.40 bits per heavy atom. The molecule has 15 heavy (non-hydrogen) atoms. The Kier molecular flexibility index (Phi) is 4.72. The van der Waals surface area contributed by atoms with Crippen molar-refractivity contribution in [3.8, 4) is 0 Å². The Balaban J connectivity index is 2.70. The van der Waals surface area contributed by atoms with Gasteiger partial charge in [-0.1, -0.05) is 25.1 Å². The predicted molar refractivity (Wildman–Crippen MR) is 59.1 cm³/mol. The molecular weight excluding hydrogens is 193 g/mol. The van der Waals surface area contributed by atoms with Gasteiger partial charge in [-0.3, -0.25) is 0 Å². The number of aliphatic hydroxyl groups excluding tert-OH is 1. The highest BCUT2D eigenvalue weighted by Gasteiger charge is 2.12. The van der Waals surface area contributed by atoms with E-state index < -0.39 is 6.10 Å². The lowest BCUT2D eigenvalue weighted by Gasteiger charge is -2.18. The maximum Gasteiger partial charge on any atom is 0.127 e. The zero-order chi connectivity index (χ0) is 11.3. The van der Waals surface area contributed by atoms with Crippen LogP contribution in [0.3, 0.4) is 0 Å². The lowest BCUT2D eigenvalue weighted by atomic mass is 10.0. The van der Waals surface area contributed by atoms with Crippen LogP contribution in [0, 0.1) is 5.82 Å². The first-order chi connectivity index (χ1) is 7.15. The smallest absolute Gasteiger partial charge is 0.127 e. The summed E-state index contributed by atoms with van der Waals surface area (Å²) in [7, 11) is 0. The summed E-state index contributed by atoms with van der Waals surface area (Å²) in [5, 5.41) is 12.3. The fraction of sp³-hybridized carbons (Fsp3) is 0.500. The summed E-state index contributed by atoms with van der Waals surface area (Å²) in [5.74, 6) is -0.192. The molecular formula is C12H18FNO. The topological polar surface area (TPSA) is 32.3 Å². The Hall–Kier alpha value is -0.930. The molecule has 0 bridgehead atoms. The van der Waals surface area contributed by atoms with Crippen LogP contribution in [0.15, 0.2) is 24.3 Å². The van der Waals surface area contributed by atoms with Crippen molar-refractivity contribution in [2.24, 2.45) is 0 Å². The largest absolute Gasteiger partial charge is 0.392 e. The van der Waals surface area contributed by atoms with Gasteiger partial charge in [0.05, 0.1) is 6.10 Å². The highest BCUT2D eigenvalue weighted by molar-refractivity contribution is 5.21. The summed E-state index contributed by atoms with van der Waals surface area (Å²) in [5.41, 5.74) is 0.667. The molecule has 0 amide bonds. The third-order valence-corrected chi connectivity index (χ3v) is 2.35. The molecule has 0 aliphatic carbocycles. The van der Waals surface area contributed by atoms with Crippen LogP contribution >= 0.6 is 0 Å². The molecule has 1 aromatic carbocycles. The fourth-order valence-electron chi connectivity index (χ4n) is 1.54. The Labute approximate surface area is 90.1 Å². The zero-order valence-electron chi connectivity index (χ0n) is 9.20. The number of nitrogens with one attached hydrogen (secondary N) is 1. The second-order valence-electron chi connectivity index (χ2n) is 3.74. The average molecular weight is 211 g/mol. The van der Waals surface area contributed by atoms with Crippen molar-refractivity contribution in [2.75, 3.05) is 6.54 Å². The van der Waals surface area contributed by atoms with Crippen molar-refractivity contribution in [1.29, 1.82) is 0 Å². The van der Waals surface area contributed by atoms with Crippen molar-refractivity contribution >= 4 is 0 Å². The first-order valence-electron chi connectivity index (χ1n) is 5.31. The zero-order valence-corrected chi connectivity index (χ0v) is 9.20. The minimum Gasteiger partial charge on any atom is -0.392 e. The molecule has 2 atom stereocenters. The SMILES string of the molecule is CCC(NC[C@@H](C)O)c1ccccc1F. The minimum absolute atomic E-state index is 0.0270. The highest BCUT2D eigenvalue weighted by Crippen LogP contribution is 2.19. The predicted octanol–water partition coefficient (Wildman–Crippen LogP) is 2.25. The van der Waals surface area contributed by atoms with Crippen molar-refractivity contribution < 1.29 is 9.50 Å². The molecule has 3 heteroatoms. The highest BCUT2D eigenvalue weighted by atomic mass is 19.1. The van der Waals surface area contributed by atoms with E-state index in [0.717, 1.165) is 6.42 Å². The van der Waals surface area contributed by atoms with E-state index in [2.05, 4.69) is 5.32 Å². The molecule has 0 aliphatic heterocycles. The summed E-state index contributed by atoms with van der Waals surface area (Å²) >= 11 is 0. The van der Waals surface area contributed by atoms with E-state index in [0.29, 0.717) is 12.1 Å². The van der Waals surface area contributed by atoms with Crippen molar-refractivity contribution in [1.82, 2.24) is 5.32 Å². The lowest BCUT2D eigenvalue weighted by Crippen LogP contribution is -2.28. The van der Waals surface area contributed by atoms with Gasteiger partial charge in [-0.25, -0.2) is 4.39 Å². The van der Waals surface area contributed by atoms with Crippen LogP contribution in [0.4, 0.5) is 4.39 Å². The van der Waals surface area contributed by atoms with E-state index >= 15 is 0 Å². The molecule has 0 heterocycles. The molecule has 0 saturated heterocycles. The van der Waals surface area contributed by atoms with Gasteiger partial charge in [0.1, 0.15) is 5.82 Å². The van der Waals surface area contributed by atoms with Crippen molar-refractivity contribution in [3.05, 3.63) is 35.6 Å². The van der Waals surface area contributed by atoms with Crippen LogP contribution in [0.5, 0.6) is 0 Å². The van der Waals surface area contributed by atoms with E-state index in [-0.39, 0.29) is 11.9 Å². The molecule has 1 aromatic rings. The monoisotopic (exact) mass is 211 g/mol. The quantitative estimate of drug-likeness (QED) is 0.783. The van der Waals surface area contributed by atoms with Gasteiger partial charge in [-0.05, 0) is 19.4 Å². The van der Waals surface area contributed by atoms with Crippen LogP contribution in [-0.4, -0.2) is 17.8 Å². The Morgan fingerprint density at radius 2 is 2.07 bits per heavy atom. The Bertz CT molecular complexity index is 301. The van der Waals surface area contributed by atoms with Gasteiger partial charge in [0.2, 0.25) is 0 Å². The number of rotatable bonds is 5. The number of halogens is 1. The van der Waals surface area contributed by atoms with Crippen LogP contribution < -0.4 is 5.32 Å². The number of hydrogen-bond acceptors (Lipinski definition) is 2. The van der Waals surface area contributed by atoms with E-state index in [1.165, 1.54) is 6.07 Å². The van der Waals surface area contributed by atoms with E-state index in [9.17, 15) is 4.39 Å². The molecule has 2 N–H and O–H groups in total. The second kappa shape index (κ2) is 5.83. The average Bonchev–Trinajstić information content (AvgIpc) is 2.21. The molecule has 0 aromatic heterocycles. The van der Waals surface area contributed by atoms with Gasteiger partial charge in [-0.15, -0.1) is 0 Å². The first-order valence-corrected chi connectivity index (χ1v) is 5.31. The van der Waals surface area contributed by atoms with Gasteiger partial charge >= 0.3 is 0 Å². The third-order valence-electron chi connectivity index (χ3n) is 2.35. The van der Waals surface area contributed by atoms with Gasteiger partial charge in [-0.2, -0.15) is 0 Å². The number of hydrogen-bond donors (Lipinski definition) is 2. The second-order valence-corrected chi connectivity index (χ2v) is 3.74. The van der Waals surface area contributed by atoms with E-state index in [4.69, 9.17) is 5.11 Å². The molecule has 0 aliphatic rings. The summed E-state index contributed by atoms with van der Waals surface area (Å²) in [6, 6.07) is 6.71. The Morgan fingerprint density at radius 3 is 2.60 bits per heavy atom. The van der Waals surface area contributed by atoms with E-state index in [1.54, 1.807) is 19.1 Å². The van der Waals surface area contributed by atoms with Gasteiger partial charge in [0.15, 0.2) is 0 Å². The standard InChI is InChI=1S/C12H18FNO/c1-3-12(14-8-9(2)15)10-6-4-5-7-11(10)13/h4-7,9,12,14-15H,3,8H2,1-2H3/t9-,12?/m1/s1. The molecule has 0 radical (unpaired) electrons. The van der Waals surface area contributed by atoms with Crippen LogP contribution in [-0.2, 0) is 0 Å². The maximum atomic E-state index is 13.4. The lowest BCUT2D eigenvalue weighted by molar-refractivity contribution is 0.185. The van der Waals surface area contributed by atoms with Crippen molar-refractivity contribution in [3.63, 3.8) is 0 Å². The molecule has 1 rings (SSSR count). The van der Waals surface area contributed by atoms with Gasteiger partial charge in [0, 0.05) is 18.2 Å². The molecule has 84 valence electrons. The number of aliphatic hydroxyl groups is 1. The van der Waals surface area contributed by atoms with Crippen LogP contribution in [0.25, 0.3) is 0 Å². The van der Waals surface area contributed by atoms with E-state index in [1.807, 2.05) is 13.0 Å². The summed E-state index contributed by atoms with van der Waals surface area (Å²) in [6.45, 7) is 4.18. The van der Waals surface area contributed by atoms with Crippen LogP contribution in [0.2, 0.25) is 0 Å². The first kappa shape index (κ1) is 12.1. The van der Waals surface area contributed by atoms with Crippen molar-refractivity contribution in [2.45, 2.75) is 32.4 Å². The maximum absolute atomic E-state index is 13.4. The van der Waals surface area contributed by atoms with Crippen LogP contribution in [0.1, 0.15) is 31.9 Å². The molecule has 0 saturated carbocycles. The molecule has 0 spiro atoms. The third kappa shape index (κ3) is 3.61. The molecule has 1 unspecified atom stereocenters. The molecule has 2 nitrogen and oxygen atoms in total. The van der Waals surface area contributed by atoms with Gasteiger partial charge in [0.25, 0.3) is 0 Å².